The molecule has 0 spiro atoms. The van der Waals surface area contributed by atoms with Crippen LogP contribution in [-0.4, -0.2) is 7.11 Å². The van der Waals surface area contributed by atoms with Gasteiger partial charge in [0.25, 0.3) is 0 Å². The van der Waals surface area contributed by atoms with Crippen molar-refractivity contribution in [3.63, 3.8) is 0 Å². The molecule has 2 aromatic rings. The Morgan fingerprint density at radius 2 is 1.80 bits per heavy atom. The summed E-state index contributed by atoms with van der Waals surface area (Å²) in [6, 6.07) is 9.75. The van der Waals surface area contributed by atoms with Crippen molar-refractivity contribution in [3.05, 3.63) is 57.1 Å². The van der Waals surface area contributed by atoms with E-state index in [4.69, 9.17) is 27.9 Å². The van der Waals surface area contributed by atoms with Crippen molar-refractivity contribution in [2.75, 3.05) is 12.4 Å². The quantitative estimate of drug-likeness (QED) is 0.835. The number of halogens is 2. The van der Waals surface area contributed by atoms with Gasteiger partial charge in [-0.05, 0) is 43.2 Å². The predicted octanol–water partition coefficient (Wildman–Crippen LogP) is 5.23. The van der Waals surface area contributed by atoms with E-state index in [1.54, 1.807) is 7.11 Å². The minimum Gasteiger partial charge on any atom is -0.496 e. The van der Waals surface area contributed by atoms with Gasteiger partial charge in [0.15, 0.2) is 0 Å². The van der Waals surface area contributed by atoms with Gasteiger partial charge in [0, 0.05) is 17.8 Å². The van der Waals surface area contributed by atoms with E-state index >= 15 is 0 Å². The molecule has 0 fully saturated rings. The van der Waals surface area contributed by atoms with Gasteiger partial charge in [-0.3, -0.25) is 0 Å². The first-order chi connectivity index (χ1) is 9.52. The van der Waals surface area contributed by atoms with Crippen LogP contribution in [0.25, 0.3) is 0 Å². The first-order valence-electron chi connectivity index (χ1n) is 6.35. The topological polar surface area (TPSA) is 21.3 Å². The van der Waals surface area contributed by atoms with Crippen LogP contribution < -0.4 is 10.1 Å². The Labute approximate surface area is 129 Å². The molecule has 0 saturated heterocycles. The Hall–Kier alpha value is -1.38. The summed E-state index contributed by atoms with van der Waals surface area (Å²) in [6.07, 6.45) is 0. The summed E-state index contributed by atoms with van der Waals surface area (Å²) in [4.78, 5) is 0. The van der Waals surface area contributed by atoms with Gasteiger partial charge in [0.05, 0.1) is 17.2 Å². The van der Waals surface area contributed by atoms with E-state index in [-0.39, 0.29) is 0 Å². The molecule has 4 heteroatoms. The highest BCUT2D eigenvalue weighted by Gasteiger charge is 2.07. The maximum Gasteiger partial charge on any atom is 0.126 e. The van der Waals surface area contributed by atoms with Crippen LogP contribution >= 0.6 is 23.2 Å². The van der Waals surface area contributed by atoms with Crippen molar-refractivity contribution < 1.29 is 4.74 Å². The zero-order chi connectivity index (χ0) is 14.7. The molecule has 0 unspecified atom stereocenters. The molecule has 0 aliphatic carbocycles. The van der Waals surface area contributed by atoms with Gasteiger partial charge in [-0.25, -0.2) is 0 Å². The molecule has 0 heterocycles. The zero-order valence-corrected chi connectivity index (χ0v) is 13.3. The van der Waals surface area contributed by atoms with Crippen molar-refractivity contribution in [1.82, 2.24) is 0 Å². The lowest BCUT2D eigenvalue weighted by atomic mass is 10.1. The maximum absolute atomic E-state index is 6.02. The molecule has 2 aromatic carbocycles. The summed E-state index contributed by atoms with van der Waals surface area (Å²) in [5.41, 5.74) is 4.37. The lowest BCUT2D eigenvalue weighted by Gasteiger charge is -2.15. The highest BCUT2D eigenvalue weighted by atomic mass is 35.5. The van der Waals surface area contributed by atoms with Gasteiger partial charge in [-0.2, -0.15) is 0 Å². The number of nitrogens with one attached hydrogen (secondary N) is 1. The molecule has 0 aliphatic heterocycles. The smallest absolute Gasteiger partial charge is 0.126 e. The number of benzene rings is 2. The first-order valence-corrected chi connectivity index (χ1v) is 7.10. The Bertz CT molecular complexity index is 626. The van der Waals surface area contributed by atoms with E-state index in [9.17, 15) is 0 Å². The number of methoxy groups -OCH3 is 1. The minimum absolute atomic E-state index is 0.573. The number of aryl methyl sites for hydroxylation is 1. The predicted molar refractivity (Wildman–Crippen MR) is 86.3 cm³/mol. The number of hydrogen-bond donors (Lipinski definition) is 1. The second-order valence-corrected chi connectivity index (χ2v) is 5.50. The molecule has 0 aliphatic rings. The molecule has 0 amide bonds. The normalized spacial score (nSPS) is 10.4. The van der Waals surface area contributed by atoms with Crippen molar-refractivity contribution >= 4 is 28.9 Å². The molecule has 0 bridgehead atoms. The monoisotopic (exact) mass is 309 g/mol. The highest BCUT2D eigenvalue weighted by molar-refractivity contribution is 6.42. The molecule has 0 aromatic heterocycles. The van der Waals surface area contributed by atoms with Crippen molar-refractivity contribution in [1.29, 1.82) is 0 Å². The second kappa shape index (κ2) is 6.38. The fraction of sp³-hybridized carbons (Fsp3) is 0.250. The van der Waals surface area contributed by atoms with E-state index in [1.807, 2.05) is 38.1 Å². The number of rotatable bonds is 4. The summed E-state index contributed by atoms with van der Waals surface area (Å²) in [7, 11) is 1.69. The zero-order valence-electron chi connectivity index (χ0n) is 11.8. The molecule has 1 N–H and O–H groups in total. The largest absolute Gasteiger partial charge is 0.496 e. The molecule has 106 valence electrons. The van der Waals surface area contributed by atoms with Crippen LogP contribution in [0.4, 0.5) is 5.69 Å². The van der Waals surface area contributed by atoms with E-state index in [2.05, 4.69) is 11.4 Å². The lowest BCUT2D eigenvalue weighted by molar-refractivity contribution is 0.409. The number of ether oxygens (including phenoxy) is 1. The van der Waals surface area contributed by atoms with Gasteiger partial charge in [-0.1, -0.05) is 35.3 Å². The van der Waals surface area contributed by atoms with Crippen LogP contribution in [0, 0.1) is 13.8 Å². The Morgan fingerprint density at radius 3 is 2.45 bits per heavy atom. The Morgan fingerprint density at radius 1 is 1.05 bits per heavy atom. The van der Waals surface area contributed by atoms with Crippen molar-refractivity contribution in [2.24, 2.45) is 0 Å². The summed E-state index contributed by atoms with van der Waals surface area (Å²) >= 11 is 11.9. The first kappa shape index (κ1) is 15.0. The summed E-state index contributed by atoms with van der Waals surface area (Å²) in [5.74, 6) is 0.920. The second-order valence-electron chi connectivity index (χ2n) is 4.69. The summed E-state index contributed by atoms with van der Waals surface area (Å²) < 4.78 is 5.42. The van der Waals surface area contributed by atoms with Crippen molar-refractivity contribution in [2.45, 2.75) is 20.4 Å². The fourth-order valence-electron chi connectivity index (χ4n) is 2.18. The SMILES string of the molecule is COc1c(C)ccc(NCc2ccc(Cl)c(Cl)c2)c1C. The molecule has 0 saturated carbocycles. The average Bonchev–Trinajstić information content (AvgIpc) is 2.42. The number of anilines is 1. The Kier molecular flexibility index (Phi) is 4.79. The molecule has 2 nitrogen and oxygen atoms in total. The highest BCUT2D eigenvalue weighted by Crippen LogP contribution is 2.30. The van der Waals surface area contributed by atoms with E-state index in [0.29, 0.717) is 16.6 Å². The third-order valence-corrected chi connectivity index (χ3v) is 4.01. The van der Waals surface area contributed by atoms with E-state index in [0.717, 1.165) is 28.1 Å². The van der Waals surface area contributed by atoms with Crippen LogP contribution in [0.15, 0.2) is 30.3 Å². The van der Waals surface area contributed by atoms with Gasteiger partial charge in [0.1, 0.15) is 5.75 Å². The van der Waals surface area contributed by atoms with Gasteiger partial charge >= 0.3 is 0 Å². The number of hydrogen-bond acceptors (Lipinski definition) is 2. The van der Waals surface area contributed by atoms with Crippen LogP contribution in [-0.2, 0) is 6.54 Å². The standard InChI is InChI=1S/C16H17Cl2NO/c1-10-4-7-15(11(2)16(10)20-3)19-9-12-5-6-13(17)14(18)8-12/h4-8,19H,9H2,1-3H3. The molecular weight excluding hydrogens is 293 g/mol. The molecule has 0 radical (unpaired) electrons. The summed E-state index contributed by atoms with van der Waals surface area (Å²) in [6.45, 7) is 4.77. The van der Waals surface area contributed by atoms with Crippen molar-refractivity contribution in [3.8, 4) is 5.75 Å². The fourth-order valence-corrected chi connectivity index (χ4v) is 2.50. The van der Waals surface area contributed by atoms with Crippen LogP contribution in [0.5, 0.6) is 5.75 Å². The van der Waals surface area contributed by atoms with E-state index in [1.165, 1.54) is 0 Å². The van der Waals surface area contributed by atoms with Crippen LogP contribution in [0.3, 0.4) is 0 Å². The third kappa shape index (κ3) is 3.20. The molecular formula is C16H17Cl2NO. The van der Waals surface area contributed by atoms with Gasteiger partial charge < -0.3 is 10.1 Å². The Balaban J connectivity index is 2.16. The summed E-state index contributed by atoms with van der Waals surface area (Å²) in [5, 5.41) is 4.54. The third-order valence-electron chi connectivity index (χ3n) is 3.27. The molecule has 0 atom stereocenters. The molecule has 2 rings (SSSR count). The minimum atomic E-state index is 0.573. The van der Waals surface area contributed by atoms with Gasteiger partial charge in [0.2, 0.25) is 0 Å². The van der Waals surface area contributed by atoms with E-state index < -0.39 is 0 Å². The maximum atomic E-state index is 6.02. The van der Waals surface area contributed by atoms with Crippen LogP contribution in [0.2, 0.25) is 10.0 Å². The van der Waals surface area contributed by atoms with Gasteiger partial charge in [-0.15, -0.1) is 0 Å². The average molecular weight is 310 g/mol. The van der Waals surface area contributed by atoms with Crippen LogP contribution in [0.1, 0.15) is 16.7 Å². The lowest BCUT2D eigenvalue weighted by Crippen LogP contribution is -2.03. The molecule has 20 heavy (non-hydrogen) atoms.